The number of aromatic amines is 1. The van der Waals surface area contributed by atoms with E-state index in [4.69, 9.17) is 11.6 Å². The third-order valence-electron chi connectivity index (χ3n) is 4.98. The quantitative estimate of drug-likeness (QED) is 0.338. The van der Waals surface area contributed by atoms with E-state index < -0.39 is 9.73 Å². The Bertz CT molecular complexity index is 1540. The number of benzene rings is 3. The van der Waals surface area contributed by atoms with Gasteiger partial charge in [0.15, 0.2) is 0 Å². The molecule has 3 aromatic carbocycles. The number of halogens is 1. The number of aromatic nitrogens is 3. The van der Waals surface area contributed by atoms with Gasteiger partial charge in [-0.2, -0.15) is 9.46 Å². The molecular weight excluding hydrogens is 430 g/mol. The lowest BCUT2D eigenvalue weighted by Gasteiger charge is -2.12. The van der Waals surface area contributed by atoms with Gasteiger partial charge in [0, 0.05) is 38.8 Å². The Morgan fingerprint density at radius 3 is 2.68 bits per heavy atom. The molecular formula is C23H18ClN5OS. The third-order valence-corrected chi connectivity index (χ3v) is 6.90. The lowest BCUT2D eigenvalue weighted by atomic mass is 10.1. The van der Waals surface area contributed by atoms with Gasteiger partial charge in [0.2, 0.25) is 0 Å². The fourth-order valence-corrected chi connectivity index (χ4v) is 4.99. The summed E-state index contributed by atoms with van der Waals surface area (Å²) in [5, 5.41) is 12.9. The van der Waals surface area contributed by atoms with Crippen molar-refractivity contribution in [2.24, 2.45) is 4.36 Å². The molecule has 2 aromatic heterocycles. The van der Waals surface area contributed by atoms with Gasteiger partial charge in [0.05, 0.1) is 38.3 Å². The number of pyridine rings is 1. The highest BCUT2D eigenvalue weighted by Crippen LogP contribution is 2.33. The van der Waals surface area contributed by atoms with Crippen molar-refractivity contribution >= 4 is 60.2 Å². The van der Waals surface area contributed by atoms with Gasteiger partial charge in [-0.1, -0.05) is 29.8 Å². The Morgan fingerprint density at radius 2 is 1.84 bits per heavy atom. The number of H-pyrrole nitrogens is 1. The molecule has 0 radical (unpaired) electrons. The maximum absolute atomic E-state index is 13.2. The first-order chi connectivity index (χ1) is 15.0. The van der Waals surface area contributed by atoms with E-state index in [9.17, 15) is 4.21 Å². The summed E-state index contributed by atoms with van der Waals surface area (Å²) in [7, 11) is -2.58. The highest BCUT2D eigenvalue weighted by Gasteiger charge is 2.10. The second kappa shape index (κ2) is 7.68. The van der Waals surface area contributed by atoms with E-state index in [0.29, 0.717) is 15.6 Å². The van der Waals surface area contributed by atoms with Gasteiger partial charge in [-0.25, -0.2) is 4.21 Å². The van der Waals surface area contributed by atoms with Crippen LogP contribution in [0.4, 0.5) is 17.1 Å². The van der Waals surface area contributed by atoms with Crippen molar-refractivity contribution in [2.45, 2.75) is 4.90 Å². The third kappa shape index (κ3) is 3.85. The Hall–Kier alpha value is -3.42. The van der Waals surface area contributed by atoms with Crippen LogP contribution in [0.25, 0.3) is 21.8 Å². The lowest BCUT2D eigenvalue weighted by molar-refractivity contribution is 0.681. The van der Waals surface area contributed by atoms with Crippen LogP contribution in [0.3, 0.4) is 0 Å². The van der Waals surface area contributed by atoms with Crippen LogP contribution >= 0.6 is 11.6 Å². The van der Waals surface area contributed by atoms with Gasteiger partial charge in [0.1, 0.15) is 0 Å². The average Bonchev–Trinajstić information content (AvgIpc) is 3.23. The molecule has 154 valence electrons. The molecule has 0 fully saturated rings. The van der Waals surface area contributed by atoms with Crippen molar-refractivity contribution in [1.29, 1.82) is 0 Å². The topological polar surface area (TPSA) is 83.0 Å². The van der Waals surface area contributed by atoms with Gasteiger partial charge in [0.25, 0.3) is 0 Å². The molecule has 2 heterocycles. The van der Waals surface area contributed by atoms with Crippen LogP contribution in [0.1, 0.15) is 0 Å². The smallest absolute Gasteiger partial charge is 0.0771 e. The molecule has 0 bridgehead atoms. The number of nitrogens with one attached hydrogen (secondary N) is 2. The number of fused-ring (bicyclic) bond motifs is 2. The molecule has 5 aromatic rings. The molecule has 0 aliphatic rings. The molecule has 0 spiro atoms. The predicted molar refractivity (Wildman–Crippen MR) is 127 cm³/mol. The molecule has 0 amide bonds. The van der Waals surface area contributed by atoms with E-state index in [1.165, 1.54) is 0 Å². The fraction of sp³-hybridized carbons (Fsp3) is 0.0435. The van der Waals surface area contributed by atoms with Crippen LogP contribution in [0.5, 0.6) is 0 Å². The Kier molecular flexibility index (Phi) is 4.84. The molecule has 5 rings (SSSR count). The molecule has 1 atom stereocenters. The van der Waals surface area contributed by atoms with E-state index in [0.717, 1.165) is 33.2 Å². The van der Waals surface area contributed by atoms with Crippen molar-refractivity contribution < 1.29 is 4.21 Å². The maximum Gasteiger partial charge on any atom is 0.0771 e. The molecule has 8 heteroatoms. The van der Waals surface area contributed by atoms with Crippen LogP contribution in [0, 0.1) is 0 Å². The minimum absolute atomic E-state index is 0.599. The van der Waals surface area contributed by atoms with Crippen LogP contribution in [-0.2, 0) is 9.73 Å². The summed E-state index contributed by atoms with van der Waals surface area (Å²) >= 11 is 6.27. The van der Waals surface area contributed by atoms with Gasteiger partial charge in [-0.05, 0) is 48.5 Å². The normalized spacial score (nSPS) is 13.2. The van der Waals surface area contributed by atoms with Gasteiger partial charge in [-0.15, -0.1) is 0 Å². The largest absolute Gasteiger partial charge is 0.354 e. The van der Waals surface area contributed by atoms with Crippen molar-refractivity contribution in [2.75, 3.05) is 11.6 Å². The van der Waals surface area contributed by atoms with E-state index in [-0.39, 0.29) is 0 Å². The number of hydrogen-bond acceptors (Lipinski definition) is 5. The van der Waals surface area contributed by atoms with Crippen LogP contribution in [0.2, 0.25) is 5.02 Å². The summed E-state index contributed by atoms with van der Waals surface area (Å²) in [5.74, 6) is 0. The number of rotatable bonds is 4. The minimum atomic E-state index is -2.58. The number of anilines is 2. The van der Waals surface area contributed by atoms with Crippen LogP contribution < -0.4 is 5.32 Å². The zero-order valence-corrected chi connectivity index (χ0v) is 18.1. The molecule has 0 aliphatic heterocycles. The van der Waals surface area contributed by atoms with Crippen molar-refractivity contribution in [3.05, 3.63) is 84.1 Å². The summed E-state index contributed by atoms with van der Waals surface area (Å²) in [6, 6.07) is 20.5. The Morgan fingerprint density at radius 1 is 1.00 bits per heavy atom. The van der Waals surface area contributed by atoms with E-state index >= 15 is 0 Å². The SMILES string of the molecule is CS(=O)(=Nc1ccc2nccc(Nc3cc(Cl)cc4[nH]ncc34)c2c1)c1ccccc1. The zero-order valence-electron chi connectivity index (χ0n) is 16.5. The molecule has 2 N–H and O–H groups in total. The summed E-state index contributed by atoms with van der Waals surface area (Å²) in [6.07, 6.45) is 5.15. The standard InChI is InChI=1S/C23H18ClN5OS/c1-31(30,17-5-3-2-4-6-17)29-16-7-8-20-18(13-16)21(9-10-25-20)27-22-11-15(24)12-23-19(22)14-26-28-23/h2-14H,1H3,(H,25,27)(H,26,28). The highest BCUT2D eigenvalue weighted by molar-refractivity contribution is 7.93. The first kappa shape index (κ1) is 19.5. The molecule has 0 saturated carbocycles. The Labute approximate surface area is 184 Å². The number of hydrogen-bond donors (Lipinski definition) is 2. The van der Waals surface area contributed by atoms with E-state index in [2.05, 4.69) is 24.9 Å². The van der Waals surface area contributed by atoms with Crippen molar-refractivity contribution in [3.63, 3.8) is 0 Å². The highest BCUT2D eigenvalue weighted by atomic mass is 35.5. The van der Waals surface area contributed by atoms with Gasteiger partial charge < -0.3 is 5.32 Å². The molecule has 1 unspecified atom stereocenters. The predicted octanol–water partition coefficient (Wildman–Crippen LogP) is 6.30. The van der Waals surface area contributed by atoms with E-state index in [1.807, 2.05) is 66.7 Å². The summed E-state index contributed by atoms with van der Waals surface area (Å²) in [6.45, 7) is 0. The summed E-state index contributed by atoms with van der Waals surface area (Å²) in [5.41, 5.74) is 3.94. The molecule has 0 aliphatic carbocycles. The monoisotopic (exact) mass is 447 g/mol. The van der Waals surface area contributed by atoms with Crippen molar-refractivity contribution in [1.82, 2.24) is 15.2 Å². The maximum atomic E-state index is 13.2. The molecule has 6 nitrogen and oxygen atoms in total. The Balaban J connectivity index is 1.61. The zero-order chi connectivity index (χ0) is 21.4. The first-order valence-corrected chi connectivity index (χ1v) is 11.9. The van der Waals surface area contributed by atoms with Gasteiger partial charge in [-0.3, -0.25) is 10.1 Å². The number of nitrogens with zero attached hydrogens (tertiary/aromatic N) is 3. The molecule has 31 heavy (non-hydrogen) atoms. The lowest BCUT2D eigenvalue weighted by Crippen LogP contribution is -1.96. The molecule has 0 saturated heterocycles. The average molecular weight is 448 g/mol. The fourth-order valence-electron chi connectivity index (χ4n) is 3.49. The summed E-state index contributed by atoms with van der Waals surface area (Å²) < 4.78 is 17.8. The second-order valence-electron chi connectivity index (χ2n) is 7.18. The van der Waals surface area contributed by atoms with Gasteiger partial charge >= 0.3 is 0 Å². The first-order valence-electron chi connectivity index (χ1n) is 9.55. The minimum Gasteiger partial charge on any atom is -0.354 e. The van der Waals surface area contributed by atoms with Crippen molar-refractivity contribution in [3.8, 4) is 0 Å². The second-order valence-corrected chi connectivity index (χ2v) is 9.87. The van der Waals surface area contributed by atoms with E-state index in [1.54, 1.807) is 18.6 Å². The van der Waals surface area contributed by atoms with Crippen LogP contribution in [0.15, 0.2) is 88.4 Å². The van der Waals surface area contributed by atoms with Crippen LogP contribution in [-0.4, -0.2) is 25.6 Å². The summed E-state index contributed by atoms with van der Waals surface area (Å²) in [4.78, 5) is 5.15.